The minimum absolute atomic E-state index is 0.00554. The summed E-state index contributed by atoms with van der Waals surface area (Å²) in [6, 6.07) is 17.7. The number of carbonyl (C=O) groups is 1. The molecule has 2 aromatic carbocycles. The number of para-hydroxylation sites is 1. The molecule has 1 saturated heterocycles. The predicted molar refractivity (Wildman–Crippen MR) is 109 cm³/mol. The van der Waals surface area contributed by atoms with E-state index in [2.05, 4.69) is 5.10 Å². The van der Waals surface area contributed by atoms with Gasteiger partial charge in [-0.05, 0) is 48.7 Å². The monoisotopic (exact) mass is 405 g/mol. The van der Waals surface area contributed by atoms with E-state index in [4.69, 9.17) is 14.2 Å². The van der Waals surface area contributed by atoms with Crippen molar-refractivity contribution in [3.63, 3.8) is 0 Å². The maximum absolute atomic E-state index is 13.3. The summed E-state index contributed by atoms with van der Waals surface area (Å²) >= 11 is 0. The molecule has 1 fully saturated rings. The van der Waals surface area contributed by atoms with E-state index in [9.17, 15) is 4.79 Å². The number of aromatic nitrogens is 2. The minimum Gasteiger partial charge on any atom is -0.454 e. The lowest BCUT2D eigenvalue weighted by molar-refractivity contribution is -0.142. The van der Waals surface area contributed by atoms with E-state index in [1.54, 1.807) is 6.20 Å². The molecule has 2 aliphatic heterocycles. The fourth-order valence-electron chi connectivity index (χ4n) is 3.90. The Kier molecular flexibility index (Phi) is 5.11. The Morgan fingerprint density at radius 1 is 1.07 bits per heavy atom. The van der Waals surface area contributed by atoms with E-state index in [1.165, 1.54) is 0 Å². The molecule has 0 saturated carbocycles. The number of fused-ring (bicyclic) bond motifs is 1. The normalized spacial score (nSPS) is 17.3. The Morgan fingerprint density at radius 2 is 1.93 bits per heavy atom. The maximum Gasteiger partial charge on any atom is 0.252 e. The van der Waals surface area contributed by atoms with Crippen molar-refractivity contribution in [2.75, 3.05) is 13.4 Å². The highest BCUT2D eigenvalue weighted by Gasteiger charge is 2.29. The van der Waals surface area contributed by atoms with Gasteiger partial charge in [0.1, 0.15) is 6.10 Å². The van der Waals surface area contributed by atoms with Crippen molar-refractivity contribution >= 4 is 5.91 Å². The van der Waals surface area contributed by atoms with Crippen molar-refractivity contribution in [3.8, 4) is 17.2 Å². The summed E-state index contributed by atoms with van der Waals surface area (Å²) in [7, 11) is 0. The molecule has 1 aromatic heterocycles. The Labute approximate surface area is 174 Å². The SMILES string of the molecule is O=C([C@@H]1CCCO1)N(Cc1ccc2c(c1)OCO2)Cc1ccnn1-c1ccccc1. The summed E-state index contributed by atoms with van der Waals surface area (Å²) < 4.78 is 18.5. The summed E-state index contributed by atoms with van der Waals surface area (Å²) in [6.45, 7) is 1.75. The first-order valence-corrected chi connectivity index (χ1v) is 10.2. The van der Waals surface area contributed by atoms with Crippen LogP contribution in [0, 0.1) is 0 Å². The number of amides is 1. The molecule has 5 rings (SSSR count). The molecule has 154 valence electrons. The number of ether oxygens (including phenoxy) is 3. The minimum atomic E-state index is -0.382. The van der Waals surface area contributed by atoms with Crippen LogP contribution in [0.15, 0.2) is 60.8 Å². The number of nitrogens with zero attached hydrogens (tertiary/aromatic N) is 3. The molecule has 0 aliphatic carbocycles. The third-order valence-corrected chi connectivity index (χ3v) is 5.40. The van der Waals surface area contributed by atoms with Gasteiger partial charge in [-0.1, -0.05) is 24.3 Å². The lowest BCUT2D eigenvalue weighted by atomic mass is 10.1. The fraction of sp³-hybridized carbons (Fsp3) is 0.304. The van der Waals surface area contributed by atoms with Crippen LogP contribution in [0.1, 0.15) is 24.1 Å². The van der Waals surface area contributed by atoms with E-state index < -0.39 is 0 Å². The first-order chi connectivity index (χ1) is 14.8. The number of carbonyl (C=O) groups excluding carboxylic acids is 1. The Hall–Kier alpha value is -3.32. The van der Waals surface area contributed by atoms with Gasteiger partial charge in [0, 0.05) is 19.3 Å². The molecule has 3 aromatic rings. The topological polar surface area (TPSA) is 65.8 Å². The third kappa shape index (κ3) is 3.76. The van der Waals surface area contributed by atoms with Gasteiger partial charge in [0.2, 0.25) is 6.79 Å². The van der Waals surface area contributed by atoms with E-state index in [0.29, 0.717) is 25.4 Å². The molecule has 0 spiro atoms. The van der Waals surface area contributed by atoms with E-state index in [0.717, 1.165) is 35.5 Å². The van der Waals surface area contributed by atoms with Gasteiger partial charge in [-0.2, -0.15) is 5.10 Å². The van der Waals surface area contributed by atoms with Crippen LogP contribution < -0.4 is 9.47 Å². The van der Waals surface area contributed by atoms with Crippen LogP contribution in [0.4, 0.5) is 0 Å². The molecule has 1 atom stereocenters. The highest BCUT2D eigenvalue weighted by Crippen LogP contribution is 2.33. The molecule has 0 unspecified atom stereocenters. The number of rotatable bonds is 6. The first-order valence-electron chi connectivity index (χ1n) is 10.2. The molecule has 30 heavy (non-hydrogen) atoms. The zero-order chi connectivity index (χ0) is 20.3. The van der Waals surface area contributed by atoms with Gasteiger partial charge >= 0.3 is 0 Å². The molecule has 7 heteroatoms. The van der Waals surface area contributed by atoms with Crippen molar-refractivity contribution in [2.45, 2.75) is 32.0 Å². The van der Waals surface area contributed by atoms with Crippen LogP contribution in [-0.2, 0) is 22.6 Å². The van der Waals surface area contributed by atoms with Crippen LogP contribution in [0.2, 0.25) is 0 Å². The Balaban J connectivity index is 1.42. The van der Waals surface area contributed by atoms with Gasteiger partial charge in [-0.3, -0.25) is 4.79 Å². The molecule has 0 N–H and O–H groups in total. The van der Waals surface area contributed by atoms with Crippen LogP contribution in [0.3, 0.4) is 0 Å². The van der Waals surface area contributed by atoms with Crippen molar-refractivity contribution in [1.29, 1.82) is 0 Å². The van der Waals surface area contributed by atoms with Gasteiger partial charge in [0.05, 0.1) is 17.9 Å². The van der Waals surface area contributed by atoms with Crippen molar-refractivity contribution in [2.24, 2.45) is 0 Å². The second kappa shape index (κ2) is 8.20. The standard InChI is InChI=1S/C23H23N3O4/c27-23(21-7-4-12-28-21)25(14-17-8-9-20-22(13-17)30-16-29-20)15-19-10-11-24-26(19)18-5-2-1-3-6-18/h1-3,5-6,8-11,13,21H,4,7,12,14-16H2/t21-/m0/s1. The van der Waals surface area contributed by atoms with Crippen molar-refractivity contribution in [1.82, 2.24) is 14.7 Å². The van der Waals surface area contributed by atoms with Gasteiger partial charge in [0.25, 0.3) is 5.91 Å². The van der Waals surface area contributed by atoms with Gasteiger partial charge in [0.15, 0.2) is 11.5 Å². The van der Waals surface area contributed by atoms with Gasteiger partial charge in [-0.15, -0.1) is 0 Å². The number of benzene rings is 2. The molecular formula is C23H23N3O4. The lowest BCUT2D eigenvalue weighted by Gasteiger charge is -2.26. The van der Waals surface area contributed by atoms with E-state index in [1.807, 2.05) is 64.2 Å². The quantitative estimate of drug-likeness (QED) is 0.630. The molecule has 1 amide bonds. The average Bonchev–Trinajstić information content (AvgIpc) is 3.54. The zero-order valence-corrected chi connectivity index (χ0v) is 16.6. The smallest absolute Gasteiger partial charge is 0.252 e. The van der Waals surface area contributed by atoms with Crippen molar-refractivity contribution in [3.05, 3.63) is 72.1 Å². The highest BCUT2D eigenvalue weighted by atomic mass is 16.7. The van der Waals surface area contributed by atoms with Crippen LogP contribution >= 0.6 is 0 Å². The fourth-order valence-corrected chi connectivity index (χ4v) is 3.90. The van der Waals surface area contributed by atoms with Crippen LogP contribution in [0.5, 0.6) is 11.5 Å². The number of hydrogen-bond acceptors (Lipinski definition) is 5. The second-order valence-electron chi connectivity index (χ2n) is 7.45. The largest absolute Gasteiger partial charge is 0.454 e. The number of hydrogen-bond donors (Lipinski definition) is 0. The zero-order valence-electron chi connectivity index (χ0n) is 16.6. The highest BCUT2D eigenvalue weighted by molar-refractivity contribution is 5.81. The lowest BCUT2D eigenvalue weighted by Crippen LogP contribution is -2.38. The average molecular weight is 405 g/mol. The molecule has 0 bridgehead atoms. The first kappa shape index (κ1) is 18.7. The summed E-state index contributed by atoms with van der Waals surface area (Å²) in [4.78, 5) is 15.1. The third-order valence-electron chi connectivity index (χ3n) is 5.40. The van der Waals surface area contributed by atoms with Crippen LogP contribution in [-0.4, -0.2) is 40.1 Å². The van der Waals surface area contributed by atoms with Gasteiger partial charge < -0.3 is 19.1 Å². The van der Waals surface area contributed by atoms with Crippen molar-refractivity contribution < 1.29 is 19.0 Å². The second-order valence-corrected chi connectivity index (χ2v) is 7.45. The molecular weight excluding hydrogens is 382 g/mol. The molecule has 3 heterocycles. The Bertz CT molecular complexity index is 1030. The molecule has 0 radical (unpaired) electrons. The van der Waals surface area contributed by atoms with E-state index in [-0.39, 0.29) is 18.8 Å². The maximum atomic E-state index is 13.3. The summed E-state index contributed by atoms with van der Waals surface area (Å²) in [5, 5.41) is 4.46. The summed E-state index contributed by atoms with van der Waals surface area (Å²) in [5.41, 5.74) is 2.88. The Morgan fingerprint density at radius 3 is 2.77 bits per heavy atom. The summed E-state index contributed by atoms with van der Waals surface area (Å²) in [6.07, 6.45) is 3.05. The van der Waals surface area contributed by atoms with Crippen LogP contribution in [0.25, 0.3) is 5.69 Å². The van der Waals surface area contributed by atoms with E-state index >= 15 is 0 Å². The summed E-state index contributed by atoms with van der Waals surface area (Å²) in [5.74, 6) is 1.45. The molecule has 7 nitrogen and oxygen atoms in total. The molecule has 2 aliphatic rings. The predicted octanol–water partition coefficient (Wildman–Crippen LogP) is 3.31. The van der Waals surface area contributed by atoms with Gasteiger partial charge in [-0.25, -0.2) is 4.68 Å².